The molecule has 0 saturated heterocycles. The predicted octanol–water partition coefficient (Wildman–Crippen LogP) is 5.41. The van der Waals surface area contributed by atoms with Crippen molar-refractivity contribution in [3.05, 3.63) is 87.7 Å². The molecule has 0 aliphatic rings. The Morgan fingerprint density at radius 1 is 0.923 bits per heavy atom. The van der Waals surface area contributed by atoms with Crippen LogP contribution in [0.25, 0.3) is 10.9 Å². The van der Waals surface area contributed by atoms with Crippen molar-refractivity contribution in [1.29, 1.82) is 0 Å². The number of hydrogen-bond donors (Lipinski definition) is 1. The Hall–Kier alpha value is -2.37. The number of hydrogen-bond acceptors (Lipinski definition) is 3. The number of nitrogens with one attached hydrogen (secondary N) is 1. The Labute approximate surface area is 157 Å². The maximum absolute atomic E-state index is 13.6. The minimum atomic E-state index is -3.59. The maximum Gasteiger partial charge on any atom is 0.190 e. The summed E-state index contributed by atoms with van der Waals surface area (Å²) in [6.07, 6.45) is 0. The minimum Gasteiger partial charge on any atom is -0.358 e. The molecule has 0 amide bonds. The molecule has 2 heterocycles. The molecule has 0 aliphatic carbocycles. The van der Waals surface area contributed by atoms with Gasteiger partial charge in [-0.1, -0.05) is 42.0 Å². The van der Waals surface area contributed by atoms with Crippen molar-refractivity contribution in [2.24, 2.45) is 0 Å². The third-order valence-electron chi connectivity index (χ3n) is 4.67. The molecule has 26 heavy (non-hydrogen) atoms. The molecule has 0 bridgehead atoms. The lowest BCUT2D eigenvalue weighted by molar-refractivity contribution is 0.589. The van der Waals surface area contributed by atoms with Gasteiger partial charge < -0.3 is 4.98 Å². The highest BCUT2D eigenvalue weighted by Gasteiger charge is 2.34. The number of sulfone groups is 1. The van der Waals surface area contributed by atoms with Gasteiger partial charge in [-0.05, 0) is 43.5 Å². The van der Waals surface area contributed by atoms with Gasteiger partial charge in [-0.2, -0.15) is 0 Å². The number of thiophene rings is 1. The molecule has 1 atom stereocenters. The molecule has 0 fully saturated rings. The number of H-pyrrole nitrogens is 1. The second-order valence-corrected chi connectivity index (χ2v) is 9.47. The molecule has 132 valence electrons. The van der Waals surface area contributed by atoms with Crippen molar-refractivity contribution < 1.29 is 8.42 Å². The van der Waals surface area contributed by atoms with E-state index in [1.165, 1.54) is 11.3 Å². The molecule has 3 nitrogen and oxygen atoms in total. The zero-order chi connectivity index (χ0) is 18.3. The zero-order valence-corrected chi connectivity index (χ0v) is 16.2. The number of rotatable bonds is 4. The van der Waals surface area contributed by atoms with Gasteiger partial charge >= 0.3 is 0 Å². The van der Waals surface area contributed by atoms with Crippen molar-refractivity contribution in [1.82, 2.24) is 4.98 Å². The summed E-state index contributed by atoms with van der Waals surface area (Å²) >= 11 is 1.48. The lowest BCUT2D eigenvalue weighted by atomic mass is 10.1. The van der Waals surface area contributed by atoms with Crippen LogP contribution >= 0.6 is 11.3 Å². The first-order valence-corrected chi connectivity index (χ1v) is 10.8. The van der Waals surface area contributed by atoms with E-state index in [2.05, 4.69) is 4.98 Å². The van der Waals surface area contributed by atoms with E-state index in [1.807, 2.05) is 67.8 Å². The van der Waals surface area contributed by atoms with E-state index < -0.39 is 15.1 Å². The van der Waals surface area contributed by atoms with Crippen LogP contribution in [-0.2, 0) is 9.84 Å². The van der Waals surface area contributed by atoms with Crippen molar-refractivity contribution in [3.8, 4) is 0 Å². The van der Waals surface area contributed by atoms with E-state index in [1.54, 1.807) is 12.1 Å². The van der Waals surface area contributed by atoms with Gasteiger partial charge in [0.2, 0.25) is 0 Å². The average Bonchev–Trinajstić information content (AvgIpc) is 3.24. The Morgan fingerprint density at radius 3 is 2.35 bits per heavy atom. The Bertz CT molecular complexity index is 1150. The lowest BCUT2D eigenvalue weighted by Crippen LogP contribution is -2.15. The topological polar surface area (TPSA) is 49.9 Å². The maximum atomic E-state index is 13.6. The van der Waals surface area contributed by atoms with E-state index in [9.17, 15) is 8.42 Å². The van der Waals surface area contributed by atoms with E-state index in [4.69, 9.17) is 0 Å². The Kier molecular flexibility index (Phi) is 4.21. The Morgan fingerprint density at radius 2 is 1.65 bits per heavy atom. The highest BCUT2D eigenvalue weighted by molar-refractivity contribution is 7.92. The van der Waals surface area contributed by atoms with Gasteiger partial charge in [-0.25, -0.2) is 8.42 Å². The Balaban J connectivity index is 2.00. The van der Waals surface area contributed by atoms with Crippen molar-refractivity contribution in [3.63, 3.8) is 0 Å². The summed E-state index contributed by atoms with van der Waals surface area (Å²) in [5.41, 5.74) is 3.73. The van der Waals surface area contributed by atoms with Crippen LogP contribution < -0.4 is 0 Å². The number of aromatic amines is 1. The normalized spacial score (nSPS) is 13.2. The summed E-state index contributed by atoms with van der Waals surface area (Å²) in [7, 11) is -3.59. The first-order chi connectivity index (χ1) is 12.5. The van der Waals surface area contributed by atoms with Crippen LogP contribution in [0.5, 0.6) is 0 Å². The SMILES string of the molecule is Cc1ccc(S(=O)(=O)C(c2cccs2)c2c(C)[nH]c3ccccc23)cc1. The van der Waals surface area contributed by atoms with E-state index >= 15 is 0 Å². The third kappa shape index (κ3) is 2.77. The second-order valence-electron chi connectivity index (χ2n) is 6.46. The molecule has 0 spiro atoms. The molecule has 0 saturated carbocycles. The smallest absolute Gasteiger partial charge is 0.190 e. The van der Waals surface area contributed by atoms with Crippen molar-refractivity contribution in [2.75, 3.05) is 0 Å². The zero-order valence-electron chi connectivity index (χ0n) is 14.6. The fraction of sp³-hybridized carbons (Fsp3) is 0.143. The van der Waals surface area contributed by atoms with E-state index in [-0.39, 0.29) is 0 Å². The quantitative estimate of drug-likeness (QED) is 0.514. The first-order valence-electron chi connectivity index (χ1n) is 8.39. The van der Waals surface area contributed by atoms with E-state index in [0.717, 1.165) is 32.6 Å². The molecule has 4 aromatic rings. The average molecular weight is 382 g/mol. The number of aryl methyl sites for hydroxylation is 2. The van der Waals surface area contributed by atoms with Crippen LogP contribution in [0.1, 0.15) is 26.9 Å². The third-order valence-corrected chi connectivity index (χ3v) is 7.79. The number of para-hydroxylation sites is 1. The lowest BCUT2D eigenvalue weighted by Gasteiger charge is -2.18. The van der Waals surface area contributed by atoms with Gasteiger partial charge in [0.1, 0.15) is 5.25 Å². The number of aromatic nitrogens is 1. The van der Waals surface area contributed by atoms with Gasteiger partial charge in [0, 0.05) is 27.0 Å². The monoisotopic (exact) mass is 381 g/mol. The number of fused-ring (bicyclic) bond motifs is 1. The largest absolute Gasteiger partial charge is 0.358 e. The summed E-state index contributed by atoms with van der Waals surface area (Å²) < 4.78 is 27.3. The predicted molar refractivity (Wildman–Crippen MR) is 108 cm³/mol. The van der Waals surface area contributed by atoms with Crippen LogP contribution in [0.3, 0.4) is 0 Å². The van der Waals surface area contributed by atoms with Crippen LogP contribution in [0.15, 0.2) is 70.9 Å². The molecule has 5 heteroatoms. The number of benzene rings is 2. The molecular formula is C21H19NO2S2. The van der Waals surface area contributed by atoms with Crippen LogP contribution in [0.4, 0.5) is 0 Å². The van der Waals surface area contributed by atoms with Crippen LogP contribution in [0, 0.1) is 13.8 Å². The molecule has 0 radical (unpaired) electrons. The van der Waals surface area contributed by atoms with Gasteiger partial charge in [0.25, 0.3) is 0 Å². The summed E-state index contributed by atoms with van der Waals surface area (Å²) in [5.74, 6) is 0. The summed E-state index contributed by atoms with van der Waals surface area (Å²) in [4.78, 5) is 4.53. The molecule has 1 unspecified atom stereocenters. The molecular weight excluding hydrogens is 362 g/mol. The summed E-state index contributed by atoms with van der Waals surface area (Å²) in [5, 5.41) is 2.16. The van der Waals surface area contributed by atoms with Gasteiger partial charge in [-0.15, -0.1) is 11.3 Å². The van der Waals surface area contributed by atoms with Crippen molar-refractivity contribution >= 4 is 32.1 Å². The van der Waals surface area contributed by atoms with Gasteiger partial charge in [-0.3, -0.25) is 0 Å². The molecule has 0 aliphatic heterocycles. The first kappa shape index (κ1) is 17.1. The van der Waals surface area contributed by atoms with Crippen LogP contribution in [-0.4, -0.2) is 13.4 Å². The molecule has 1 N–H and O–H groups in total. The highest BCUT2D eigenvalue weighted by atomic mass is 32.2. The molecule has 4 rings (SSSR count). The summed E-state index contributed by atoms with van der Waals surface area (Å²) in [6, 6.07) is 18.8. The standard InChI is InChI=1S/C21H19NO2S2/c1-14-9-11-16(12-10-14)26(23,24)21(19-8-5-13-25-19)20-15(2)22-18-7-4-3-6-17(18)20/h3-13,21-22H,1-2H3. The minimum absolute atomic E-state index is 0.353. The molecule has 2 aromatic carbocycles. The molecule has 2 aromatic heterocycles. The van der Waals surface area contributed by atoms with Crippen molar-refractivity contribution in [2.45, 2.75) is 24.0 Å². The van der Waals surface area contributed by atoms with Gasteiger partial charge in [0.15, 0.2) is 9.84 Å². The highest BCUT2D eigenvalue weighted by Crippen LogP contribution is 2.41. The van der Waals surface area contributed by atoms with E-state index in [0.29, 0.717) is 4.90 Å². The fourth-order valence-corrected chi connectivity index (χ4v) is 6.44. The second kappa shape index (κ2) is 6.41. The summed E-state index contributed by atoms with van der Waals surface area (Å²) in [6.45, 7) is 3.90. The van der Waals surface area contributed by atoms with Gasteiger partial charge in [0.05, 0.1) is 4.90 Å². The van der Waals surface area contributed by atoms with Crippen LogP contribution in [0.2, 0.25) is 0 Å². The fourth-order valence-electron chi connectivity index (χ4n) is 3.39.